The average Bonchev–Trinajstić information content (AvgIpc) is 3.25. The SMILES string of the molecule is CCc1ccc(NC(=O)C(C)Sc2nnc(CN3CCCC3=O)o2)cc1. The third kappa shape index (κ3) is 4.63. The number of aromatic nitrogens is 2. The van der Waals surface area contributed by atoms with E-state index in [-0.39, 0.29) is 17.1 Å². The summed E-state index contributed by atoms with van der Waals surface area (Å²) in [5, 5.41) is 10.8. The molecule has 138 valence electrons. The Kier molecular flexibility index (Phi) is 5.92. The van der Waals surface area contributed by atoms with E-state index in [1.807, 2.05) is 24.3 Å². The van der Waals surface area contributed by atoms with Crippen LogP contribution in [-0.4, -0.2) is 38.7 Å². The van der Waals surface area contributed by atoms with Gasteiger partial charge in [-0.1, -0.05) is 30.8 Å². The maximum atomic E-state index is 12.3. The molecule has 1 fully saturated rings. The average molecular weight is 374 g/mol. The second-order valence-corrected chi connectivity index (χ2v) is 7.47. The first-order valence-corrected chi connectivity index (χ1v) is 9.59. The molecular weight excluding hydrogens is 352 g/mol. The Hall–Kier alpha value is -2.35. The molecule has 1 aromatic heterocycles. The summed E-state index contributed by atoms with van der Waals surface area (Å²) in [6.07, 6.45) is 2.40. The second-order valence-electron chi connectivity index (χ2n) is 6.18. The Bertz CT molecular complexity index is 775. The van der Waals surface area contributed by atoms with Crippen molar-refractivity contribution in [1.29, 1.82) is 0 Å². The van der Waals surface area contributed by atoms with Gasteiger partial charge in [0.1, 0.15) is 0 Å². The normalized spacial score (nSPS) is 15.3. The van der Waals surface area contributed by atoms with Crippen molar-refractivity contribution >= 4 is 29.3 Å². The molecule has 1 N–H and O–H groups in total. The van der Waals surface area contributed by atoms with Gasteiger partial charge in [0.05, 0.1) is 11.8 Å². The Morgan fingerprint density at radius 2 is 2.12 bits per heavy atom. The van der Waals surface area contributed by atoms with Gasteiger partial charge in [-0.15, -0.1) is 10.2 Å². The number of carbonyl (C=O) groups excluding carboxylic acids is 2. The summed E-state index contributed by atoms with van der Waals surface area (Å²) in [5.74, 6) is 0.374. The smallest absolute Gasteiger partial charge is 0.277 e. The van der Waals surface area contributed by atoms with E-state index in [9.17, 15) is 9.59 Å². The lowest BCUT2D eigenvalue weighted by Crippen LogP contribution is -2.23. The zero-order chi connectivity index (χ0) is 18.5. The number of nitrogens with zero attached hydrogens (tertiary/aromatic N) is 3. The van der Waals surface area contributed by atoms with Gasteiger partial charge in [-0.2, -0.15) is 0 Å². The molecule has 0 bridgehead atoms. The molecule has 2 amide bonds. The number of rotatable bonds is 7. The van der Waals surface area contributed by atoms with Gasteiger partial charge in [0.15, 0.2) is 0 Å². The summed E-state index contributed by atoms with van der Waals surface area (Å²) in [6, 6.07) is 7.78. The molecule has 1 aliphatic rings. The van der Waals surface area contributed by atoms with Gasteiger partial charge in [0, 0.05) is 18.7 Å². The Morgan fingerprint density at radius 1 is 1.35 bits per heavy atom. The number of nitrogens with one attached hydrogen (secondary N) is 1. The van der Waals surface area contributed by atoms with E-state index in [0.29, 0.717) is 24.1 Å². The van der Waals surface area contributed by atoms with Crippen molar-refractivity contribution in [3.05, 3.63) is 35.7 Å². The maximum absolute atomic E-state index is 12.3. The standard InChI is InChI=1S/C18H22N4O3S/c1-3-13-6-8-14(9-7-13)19-17(24)12(2)26-18-21-20-15(25-18)11-22-10-4-5-16(22)23/h6-9,12H,3-5,10-11H2,1-2H3,(H,19,24). The minimum Gasteiger partial charge on any atom is -0.414 e. The monoisotopic (exact) mass is 374 g/mol. The van der Waals surface area contributed by atoms with Crippen LogP contribution in [0.4, 0.5) is 5.69 Å². The van der Waals surface area contributed by atoms with Gasteiger partial charge in [-0.3, -0.25) is 9.59 Å². The maximum Gasteiger partial charge on any atom is 0.277 e. The lowest BCUT2D eigenvalue weighted by molar-refractivity contribution is -0.128. The van der Waals surface area contributed by atoms with Crippen molar-refractivity contribution in [2.45, 2.75) is 50.1 Å². The van der Waals surface area contributed by atoms with Crippen LogP contribution < -0.4 is 5.32 Å². The first kappa shape index (κ1) is 18.4. The van der Waals surface area contributed by atoms with E-state index in [1.165, 1.54) is 17.3 Å². The third-order valence-electron chi connectivity index (χ3n) is 4.22. The summed E-state index contributed by atoms with van der Waals surface area (Å²) in [7, 11) is 0. The molecule has 7 nitrogen and oxygen atoms in total. The number of hydrogen-bond acceptors (Lipinski definition) is 6. The van der Waals surface area contributed by atoms with Crippen LogP contribution in [0, 0.1) is 0 Å². The molecule has 2 heterocycles. The molecule has 1 atom stereocenters. The van der Waals surface area contributed by atoms with Crippen molar-refractivity contribution < 1.29 is 14.0 Å². The molecule has 8 heteroatoms. The number of carbonyl (C=O) groups is 2. The first-order valence-electron chi connectivity index (χ1n) is 8.71. The van der Waals surface area contributed by atoms with Crippen LogP contribution in [0.3, 0.4) is 0 Å². The van der Waals surface area contributed by atoms with Crippen LogP contribution in [0.15, 0.2) is 33.9 Å². The summed E-state index contributed by atoms with van der Waals surface area (Å²) < 4.78 is 5.56. The fourth-order valence-corrected chi connectivity index (χ4v) is 3.36. The van der Waals surface area contributed by atoms with Crippen molar-refractivity contribution in [3.63, 3.8) is 0 Å². The molecule has 0 saturated carbocycles. The molecule has 1 aromatic carbocycles. The van der Waals surface area contributed by atoms with Crippen molar-refractivity contribution in [2.24, 2.45) is 0 Å². The topological polar surface area (TPSA) is 88.3 Å². The molecule has 2 aromatic rings. The number of benzene rings is 1. The summed E-state index contributed by atoms with van der Waals surface area (Å²) in [5.41, 5.74) is 1.98. The molecular formula is C18H22N4O3S. The van der Waals surface area contributed by atoms with E-state index in [1.54, 1.807) is 11.8 Å². The molecule has 26 heavy (non-hydrogen) atoms. The molecule has 0 aliphatic carbocycles. The van der Waals surface area contributed by atoms with Gasteiger partial charge in [-0.05, 0) is 37.5 Å². The van der Waals surface area contributed by atoms with Crippen molar-refractivity contribution in [3.8, 4) is 0 Å². The van der Waals surface area contributed by atoms with Gasteiger partial charge in [-0.25, -0.2) is 0 Å². The number of likely N-dealkylation sites (tertiary alicyclic amines) is 1. The quantitative estimate of drug-likeness (QED) is 0.750. The number of aryl methyl sites for hydroxylation is 1. The summed E-state index contributed by atoms with van der Waals surface area (Å²) in [6.45, 7) is 4.93. The van der Waals surface area contributed by atoms with Crippen LogP contribution in [-0.2, 0) is 22.6 Å². The highest BCUT2D eigenvalue weighted by Gasteiger charge is 2.23. The lowest BCUT2D eigenvalue weighted by Gasteiger charge is -2.12. The Balaban J connectivity index is 1.52. The number of anilines is 1. The summed E-state index contributed by atoms with van der Waals surface area (Å²) >= 11 is 1.20. The van der Waals surface area contributed by atoms with Crippen LogP contribution in [0.2, 0.25) is 0 Å². The van der Waals surface area contributed by atoms with Crippen LogP contribution >= 0.6 is 11.8 Å². The molecule has 0 spiro atoms. The Morgan fingerprint density at radius 3 is 2.77 bits per heavy atom. The molecule has 1 aliphatic heterocycles. The largest absolute Gasteiger partial charge is 0.414 e. The van der Waals surface area contributed by atoms with E-state index in [4.69, 9.17) is 4.42 Å². The van der Waals surface area contributed by atoms with E-state index in [2.05, 4.69) is 22.4 Å². The van der Waals surface area contributed by atoms with E-state index < -0.39 is 0 Å². The Labute approximate surface area is 156 Å². The minimum absolute atomic E-state index is 0.110. The second kappa shape index (κ2) is 8.35. The van der Waals surface area contributed by atoms with Gasteiger partial charge >= 0.3 is 0 Å². The fourth-order valence-electron chi connectivity index (χ4n) is 2.66. The highest BCUT2D eigenvalue weighted by molar-refractivity contribution is 8.00. The first-order chi connectivity index (χ1) is 12.5. The predicted molar refractivity (Wildman–Crippen MR) is 98.7 cm³/mol. The van der Waals surface area contributed by atoms with Gasteiger partial charge < -0.3 is 14.6 Å². The van der Waals surface area contributed by atoms with Crippen LogP contribution in [0.5, 0.6) is 0 Å². The van der Waals surface area contributed by atoms with E-state index in [0.717, 1.165) is 25.1 Å². The summed E-state index contributed by atoms with van der Waals surface area (Å²) in [4.78, 5) is 25.7. The highest BCUT2D eigenvalue weighted by atomic mass is 32.2. The van der Waals surface area contributed by atoms with Gasteiger partial charge in [0.2, 0.25) is 17.7 Å². The molecule has 1 saturated heterocycles. The van der Waals surface area contributed by atoms with Crippen LogP contribution in [0.1, 0.15) is 38.1 Å². The molecule has 0 radical (unpaired) electrons. The molecule has 1 unspecified atom stereocenters. The highest BCUT2D eigenvalue weighted by Crippen LogP contribution is 2.24. The van der Waals surface area contributed by atoms with E-state index >= 15 is 0 Å². The third-order valence-corrected chi connectivity index (χ3v) is 5.16. The van der Waals surface area contributed by atoms with Crippen molar-refractivity contribution in [1.82, 2.24) is 15.1 Å². The lowest BCUT2D eigenvalue weighted by atomic mass is 10.1. The number of thioether (sulfide) groups is 1. The fraction of sp³-hybridized carbons (Fsp3) is 0.444. The van der Waals surface area contributed by atoms with Gasteiger partial charge in [0.25, 0.3) is 5.22 Å². The minimum atomic E-state index is -0.387. The van der Waals surface area contributed by atoms with Crippen LogP contribution in [0.25, 0.3) is 0 Å². The zero-order valence-electron chi connectivity index (χ0n) is 14.9. The zero-order valence-corrected chi connectivity index (χ0v) is 15.7. The van der Waals surface area contributed by atoms with Crippen molar-refractivity contribution in [2.75, 3.05) is 11.9 Å². The molecule has 3 rings (SSSR count). The number of hydrogen-bond donors (Lipinski definition) is 1. The number of amides is 2. The predicted octanol–water partition coefficient (Wildman–Crippen LogP) is 2.87.